The number of nitrogen functional groups attached to an aromatic ring is 2. The zero-order valence-electron chi connectivity index (χ0n) is 13.1. The number of para-hydroxylation sites is 2. The van der Waals surface area contributed by atoms with Crippen LogP contribution in [0.4, 0.5) is 29.0 Å². The summed E-state index contributed by atoms with van der Waals surface area (Å²) in [4.78, 5) is 22.8. The first-order valence-corrected chi connectivity index (χ1v) is 7.89. The van der Waals surface area contributed by atoms with Crippen molar-refractivity contribution in [3.63, 3.8) is 0 Å². The van der Waals surface area contributed by atoms with Gasteiger partial charge in [0.15, 0.2) is 0 Å². The molecular formula is C16H19N7O. The molecule has 1 spiro atoms. The Hall–Kier alpha value is -3.03. The van der Waals surface area contributed by atoms with E-state index in [1.807, 2.05) is 24.3 Å². The number of hydrogen-bond donors (Lipinski definition) is 4. The highest BCUT2D eigenvalue weighted by atomic mass is 16.2. The number of anilines is 5. The second-order valence-electron chi connectivity index (χ2n) is 6.20. The van der Waals surface area contributed by atoms with Crippen molar-refractivity contribution in [3.8, 4) is 0 Å². The number of carbonyl (C=O) groups is 1. The van der Waals surface area contributed by atoms with Gasteiger partial charge in [-0.05, 0) is 25.0 Å². The molecule has 6 N–H and O–H groups in total. The summed E-state index contributed by atoms with van der Waals surface area (Å²) in [5.41, 5.74) is 12.6. The van der Waals surface area contributed by atoms with E-state index in [9.17, 15) is 4.79 Å². The SMILES string of the molecule is Nc1cc(N2CCC3(CC2)Nc2ccccc2NC3=O)nc(N)n1. The van der Waals surface area contributed by atoms with Gasteiger partial charge < -0.3 is 27.0 Å². The minimum absolute atomic E-state index is 0.0163. The third kappa shape index (κ3) is 2.36. The average Bonchev–Trinajstić information content (AvgIpc) is 2.56. The van der Waals surface area contributed by atoms with E-state index < -0.39 is 5.54 Å². The second-order valence-corrected chi connectivity index (χ2v) is 6.20. The second kappa shape index (κ2) is 5.26. The van der Waals surface area contributed by atoms with Gasteiger partial charge in [-0.25, -0.2) is 0 Å². The lowest BCUT2D eigenvalue weighted by molar-refractivity contribution is -0.121. The highest BCUT2D eigenvalue weighted by molar-refractivity contribution is 6.06. The molecule has 124 valence electrons. The van der Waals surface area contributed by atoms with E-state index >= 15 is 0 Å². The van der Waals surface area contributed by atoms with Crippen molar-refractivity contribution < 1.29 is 4.79 Å². The minimum Gasteiger partial charge on any atom is -0.383 e. The number of nitrogens with one attached hydrogen (secondary N) is 2. The van der Waals surface area contributed by atoms with Gasteiger partial charge >= 0.3 is 0 Å². The molecule has 2 aliphatic rings. The Balaban J connectivity index is 1.54. The fourth-order valence-electron chi connectivity index (χ4n) is 3.36. The first-order valence-electron chi connectivity index (χ1n) is 7.89. The highest BCUT2D eigenvalue weighted by Crippen LogP contribution is 2.37. The van der Waals surface area contributed by atoms with Crippen LogP contribution in [0.2, 0.25) is 0 Å². The van der Waals surface area contributed by atoms with Crippen LogP contribution >= 0.6 is 0 Å². The Kier molecular flexibility index (Phi) is 3.19. The van der Waals surface area contributed by atoms with E-state index in [0.29, 0.717) is 37.6 Å². The molecule has 1 aromatic carbocycles. The van der Waals surface area contributed by atoms with Crippen LogP contribution in [0, 0.1) is 0 Å². The van der Waals surface area contributed by atoms with Crippen molar-refractivity contribution >= 4 is 34.9 Å². The molecule has 4 rings (SSSR count). The van der Waals surface area contributed by atoms with Crippen molar-refractivity contribution in [1.29, 1.82) is 0 Å². The Morgan fingerprint density at radius 2 is 1.79 bits per heavy atom. The predicted octanol–water partition coefficient (Wildman–Crippen LogP) is 1.04. The van der Waals surface area contributed by atoms with E-state index in [4.69, 9.17) is 11.5 Å². The molecule has 2 aromatic rings. The van der Waals surface area contributed by atoms with Gasteiger partial charge in [0.1, 0.15) is 17.2 Å². The molecule has 0 aliphatic carbocycles. The maximum Gasteiger partial charge on any atom is 0.250 e. The summed E-state index contributed by atoms with van der Waals surface area (Å²) < 4.78 is 0. The number of piperidine rings is 1. The summed E-state index contributed by atoms with van der Waals surface area (Å²) in [7, 11) is 0. The van der Waals surface area contributed by atoms with E-state index in [-0.39, 0.29) is 11.9 Å². The number of hydrogen-bond acceptors (Lipinski definition) is 7. The molecule has 1 amide bonds. The zero-order chi connectivity index (χ0) is 16.7. The first-order chi connectivity index (χ1) is 11.6. The number of aromatic nitrogens is 2. The fraction of sp³-hybridized carbons (Fsp3) is 0.312. The van der Waals surface area contributed by atoms with E-state index in [1.165, 1.54) is 0 Å². The minimum atomic E-state index is -0.588. The van der Waals surface area contributed by atoms with Gasteiger partial charge in [-0.3, -0.25) is 4.79 Å². The van der Waals surface area contributed by atoms with Crippen LogP contribution in [0.5, 0.6) is 0 Å². The standard InChI is InChI=1S/C16H19N7O/c17-12-9-13(21-15(18)20-12)23-7-5-16(6-8-23)14(24)19-10-3-1-2-4-11(10)22-16/h1-4,9,22H,5-8H2,(H,19,24)(H4,17,18,20,21). The summed E-state index contributed by atoms with van der Waals surface area (Å²) >= 11 is 0. The lowest BCUT2D eigenvalue weighted by Gasteiger charge is -2.44. The quantitative estimate of drug-likeness (QED) is 0.618. The Labute approximate surface area is 139 Å². The largest absolute Gasteiger partial charge is 0.383 e. The number of amides is 1. The van der Waals surface area contributed by atoms with Gasteiger partial charge in [-0.15, -0.1) is 0 Å². The molecule has 0 bridgehead atoms. The Bertz CT molecular complexity index is 779. The molecule has 0 saturated carbocycles. The number of rotatable bonds is 1. The molecule has 8 heteroatoms. The molecule has 1 fully saturated rings. The molecule has 24 heavy (non-hydrogen) atoms. The third-order valence-electron chi connectivity index (χ3n) is 4.67. The lowest BCUT2D eigenvalue weighted by Crippen LogP contribution is -2.58. The number of carbonyl (C=O) groups excluding carboxylic acids is 1. The third-order valence-corrected chi connectivity index (χ3v) is 4.67. The summed E-state index contributed by atoms with van der Waals surface area (Å²) in [6.07, 6.45) is 1.33. The lowest BCUT2D eigenvalue weighted by atomic mass is 9.84. The Morgan fingerprint density at radius 1 is 1.08 bits per heavy atom. The molecule has 1 saturated heterocycles. The number of nitrogens with zero attached hydrogens (tertiary/aromatic N) is 3. The molecule has 0 atom stereocenters. The van der Waals surface area contributed by atoms with Crippen LogP contribution in [0.15, 0.2) is 30.3 Å². The maximum atomic E-state index is 12.6. The monoisotopic (exact) mass is 325 g/mol. The highest BCUT2D eigenvalue weighted by Gasteiger charge is 2.44. The molecular weight excluding hydrogens is 306 g/mol. The van der Waals surface area contributed by atoms with Crippen molar-refractivity contribution in [3.05, 3.63) is 30.3 Å². The van der Waals surface area contributed by atoms with Crippen LogP contribution in [0.3, 0.4) is 0 Å². The predicted molar refractivity (Wildman–Crippen MR) is 93.7 cm³/mol. The van der Waals surface area contributed by atoms with Crippen LogP contribution in [-0.2, 0) is 4.79 Å². The van der Waals surface area contributed by atoms with Gasteiger partial charge in [0.25, 0.3) is 0 Å². The van der Waals surface area contributed by atoms with Gasteiger partial charge in [-0.1, -0.05) is 12.1 Å². The molecule has 1 aromatic heterocycles. The van der Waals surface area contributed by atoms with Crippen molar-refractivity contribution in [1.82, 2.24) is 9.97 Å². The van der Waals surface area contributed by atoms with Gasteiger partial charge in [0, 0.05) is 19.2 Å². The van der Waals surface area contributed by atoms with Crippen molar-refractivity contribution in [2.75, 3.05) is 40.1 Å². The first kappa shape index (κ1) is 14.6. The van der Waals surface area contributed by atoms with E-state index in [0.717, 1.165) is 11.4 Å². The average molecular weight is 325 g/mol. The van der Waals surface area contributed by atoms with Gasteiger partial charge in [0.2, 0.25) is 11.9 Å². The maximum absolute atomic E-state index is 12.6. The summed E-state index contributed by atoms with van der Waals surface area (Å²) in [5.74, 6) is 1.22. The summed E-state index contributed by atoms with van der Waals surface area (Å²) in [6, 6.07) is 9.45. The normalized spacial score (nSPS) is 18.7. The van der Waals surface area contributed by atoms with Crippen LogP contribution in [-0.4, -0.2) is 34.5 Å². The van der Waals surface area contributed by atoms with Gasteiger partial charge in [-0.2, -0.15) is 9.97 Å². The topological polar surface area (TPSA) is 122 Å². The number of nitrogens with two attached hydrogens (primary N) is 2. The van der Waals surface area contributed by atoms with Crippen molar-refractivity contribution in [2.45, 2.75) is 18.4 Å². The molecule has 3 heterocycles. The van der Waals surface area contributed by atoms with Crippen LogP contribution in [0.25, 0.3) is 0 Å². The summed E-state index contributed by atoms with van der Waals surface area (Å²) in [6.45, 7) is 1.36. The molecule has 8 nitrogen and oxygen atoms in total. The summed E-state index contributed by atoms with van der Waals surface area (Å²) in [5, 5.41) is 6.44. The Morgan fingerprint density at radius 3 is 2.50 bits per heavy atom. The molecule has 2 aliphatic heterocycles. The van der Waals surface area contributed by atoms with Gasteiger partial charge in [0.05, 0.1) is 11.4 Å². The number of benzene rings is 1. The zero-order valence-corrected chi connectivity index (χ0v) is 13.1. The van der Waals surface area contributed by atoms with Crippen LogP contribution in [0.1, 0.15) is 12.8 Å². The smallest absolute Gasteiger partial charge is 0.250 e. The number of fused-ring (bicyclic) bond motifs is 1. The van der Waals surface area contributed by atoms with E-state index in [2.05, 4.69) is 25.5 Å². The van der Waals surface area contributed by atoms with E-state index in [1.54, 1.807) is 6.07 Å². The molecule has 0 radical (unpaired) electrons. The fourth-order valence-corrected chi connectivity index (χ4v) is 3.36. The van der Waals surface area contributed by atoms with Crippen molar-refractivity contribution in [2.24, 2.45) is 0 Å². The van der Waals surface area contributed by atoms with Crippen LogP contribution < -0.4 is 27.0 Å². The molecule has 0 unspecified atom stereocenters.